The summed E-state index contributed by atoms with van der Waals surface area (Å²) in [5, 5.41) is 0. The molecule has 2 fully saturated rings. The van der Waals surface area contributed by atoms with E-state index in [1.54, 1.807) is 0 Å². The highest BCUT2D eigenvalue weighted by Crippen LogP contribution is 2.39. The summed E-state index contributed by atoms with van der Waals surface area (Å²) in [6.45, 7) is 8.84. The van der Waals surface area contributed by atoms with E-state index in [1.807, 2.05) is 6.61 Å². The van der Waals surface area contributed by atoms with Gasteiger partial charge in [-0.15, -0.1) is 0 Å². The average Bonchev–Trinajstić information content (AvgIpc) is 2.30. The summed E-state index contributed by atoms with van der Waals surface area (Å²) < 4.78 is 5.24. The van der Waals surface area contributed by atoms with E-state index in [4.69, 9.17) is 4.74 Å². The van der Waals surface area contributed by atoms with Crippen molar-refractivity contribution in [3.05, 3.63) is 6.61 Å². The summed E-state index contributed by atoms with van der Waals surface area (Å²) in [4.78, 5) is 2.46. The van der Waals surface area contributed by atoms with E-state index in [9.17, 15) is 0 Å². The maximum absolute atomic E-state index is 5.24. The first-order chi connectivity index (χ1) is 4.85. The Kier molecular flexibility index (Phi) is 1.46. The van der Waals surface area contributed by atoms with Crippen LogP contribution in [0.3, 0.4) is 0 Å². The molecule has 0 aromatic rings. The minimum absolute atomic E-state index is 0.538. The molecule has 0 N–H and O–H groups in total. The minimum Gasteiger partial charge on any atom is -0.375 e. The molecule has 2 nitrogen and oxygen atoms in total. The molecule has 0 aliphatic carbocycles. The lowest BCUT2D eigenvalue weighted by Crippen LogP contribution is -2.56. The van der Waals surface area contributed by atoms with Crippen LogP contribution in [-0.2, 0) is 4.74 Å². The van der Waals surface area contributed by atoms with Crippen LogP contribution >= 0.6 is 0 Å². The lowest BCUT2D eigenvalue weighted by molar-refractivity contribution is -0.00196. The van der Waals surface area contributed by atoms with E-state index < -0.39 is 0 Å². The zero-order valence-electron chi connectivity index (χ0n) is 6.47. The van der Waals surface area contributed by atoms with E-state index in [-0.39, 0.29) is 0 Å². The molecule has 0 bridgehead atoms. The fourth-order valence-electron chi connectivity index (χ4n) is 1.88. The van der Waals surface area contributed by atoms with Gasteiger partial charge >= 0.3 is 0 Å². The molecule has 1 radical (unpaired) electrons. The normalized spacial score (nSPS) is 30.9. The Balaban J connectivity index is 1.86. The van der Waals surface area contributed by atoms with Crippen molar-refractivity contribution in [1.29, 1.82) is 0 Å². The van der Waals surface area contributed by atoms with E-state index in [2.05, 4.69) is 11.8 Å². The molecule has 0 amide bonds. The topological polar surface area (TPSA) is 12.5 Å². The molecule has 1 spiro atoms. The van der Waals surface area contributed by atoms with Gasteiger partial charge in [0.15, 0.2) is 0 Å². The molecule has 57 valence electrons. The fraction of sp³-hybridized carbons (Fsp3) is 0.875. The lowest BCUT2D eigenvalue weighted by Gasteiger charge is -2.46. The number of ether oxygens (including phenoxy) is 1. The second kappa shape index (κ2) is 2.21. The van der Waals surface area contributed by atoms with Crippen LogP contribution in [0.4, 0.5) is 0 Å². The SMILES string of the molecule is CCN1CC2(C[CH]OC2)C1. The molecule has 2 aliphatic heterocycles. The Morgan fingerprint density at radius 1 is 1.60 bits per heavy atom. The summed E-state index contributed by atoms with van der Waals surface area (Å²) in [7, 11) is 0. The molecule has 2 heterocycles. The second-order valence-corrected chi connectivity index (χ2v) is 3.49. The first kappa shape index (κ1) is 6.62. The highest BCUT2D eigenvalue weighted by atomic mass is 16.5. The van der Waals surface area contributed by atoms with E-state index >= 15 is 0 Å². The van der Waals surface area contributed by atoms with Gasteiger partial charge in [0.2, 0.25) is 0 Å². The van der Waals surface area contributed by atoms with Gasteiger partial charge < -0.3 is 9.64 Å². The number of nitrogens with zero attached hydrogens (tertiary/aromatic N) is 1. The first-order valence-corrected chi connectivity index (χ1v) is 4.00. The van der Waals surface area contributed by atoms with Crippen LogP contribution < -0.4 is 0 Å². The van der Waals surface area contributed by atoms with Gasteiger partial charge in [-0.1, -0.05) is 6.92 Å². The van der Waals surface area contributed by atoms with Crippen LogP contribution in [-0.4, -0.2) is 31.1 Å². The van der Waals surface area contributed by atoms with Crippen LogP contribution in [0.15, 0.2) is 0 Å². The highest BCUT2D eigenvalue weighted by Gasteiger charge is 2.44. The standard InChI is InChI=1S/C8H14NO/c1-2-9-5-8(6-9)3-4-10-7-8/h4H,2-3,5-7H2,1H3. The maximum Gasteiger partial charge on any atom is 0.0844 e. The summed E-state index contributed by atoms with van der Waals surface area (Å²) in [6.07, 6.45) is 1.17. The summed E-state index contributed by atoms with van der Waals surface area (Å²) in [5.74, 6) is 0. The molecule has 0 aromatic heterocycles. The minimum atomic E-state index is 0.538. The molecular formula is C8H14NO. The molecule has 0 atom stereocenters. The highest BCUT2D eigenvalue weighted by molar-refractivity contribution is 4.99. The summed E-state index contributed by atoms with van der Waals surface area (Å²) >= 11 is 0. The van der Waals surface area contributed by atoms with Gasteiger partial charge in [0.1, 0.15) is 0 Å². The Hall–Kier alpha value is -0.0800. The van der Waals surface area contributed by atoms with Crippen LogP contribution in [0.1, 0.15) is 13.3 Å². The van der Waals surface area contributed by atoms with Gasteiger partial charge in [0.25, 0.3) is 0 Å². The van der Waals surface area contributed by atoms with Crippen molar-refractivity contribution in [3.63, 3.8) is 0 Å². The molecule has 2 aliphatic rings. The van der Waals surface area contributed by atoms with Gasteiger partial charge in [0, 0.05) is 18.5 Å². The van der Waals surface area contributed by atoms with Gasteiger partial charge in [-0.25, -0.2) is 0 Å². The lowest BCUT2D eigenvalue weighted by atomic mass is 9.79. The van der Waals surface area contributed by atoms with Gasteiger partial charge in [0.05, 0.1) is 13.2 Å². The largest absolute Gasteiger partial charge is 0.375 e. The first-order valence-electron chi connectivity index (χ1n) is 4.00. The maximum atomic E-state index is 5.24. The monoisotopic (exact) mass is 140 g/mol. The van der Waals surface area contributed by atoms with Crippen molar-refractivity contribution in [1.82, 2.24) is 4.90 Å². The zero-order chi connectivity index (χ0) is 7.03. The summed E-state index contributed by atoms with van der Waals surface area (Å²) in [5.41, 5.74) is 0.538. The van der Waals surface area contributed by atoms with E-state index in [0.29, 0.717) is 5.41 Å². The van der Waals surface area contributed by atoms with Crippen LogP contribution in [0.5, 0.6) is 0 Å². The number of hydrogen-bond donors (Lipinski definition) is 0. The number of likely N-dealkylation sites (tertiary alicyclic amines) is 1. The second-order valence-electron chi connectivity index (χ2n) is 3.49. The Morgan fingerprint density at radius 2 is 2.40 bits per heavy atom. The van der Waals surface area contributed by atoms with Crippen molar-refractivity contribution in [3.8, 4) is 0 Å². The number of rotatable bonds is 1. The van der Waals surface area contributed by atoms with E-state index in [1.165, 1.54) is 26.1 Å². The zero-order valence-corrected chi connectivity index (χ0v) is 6.47. The van der Waals surface area contributed by atoms with Crippen molar-refractivity contribution in [2.45, 2.75) is 13.3 Å². The Labute approximate surface area is 62.2 Å². The van der Waals surface area contributed by atoms with Crippen molar-refractivity contribution >= 4 is 0 Å². The molecule has 10 heavy (non-hydrogen) atoms. The van der Waals surface area contributed by atoms with Crippen LogP contribution in [0.2, 0.25) is 0 Å². The molecule has 2 heteroatoms. The predicted molar refractivity (Wildman–Crippen MR) is 39.4 cm³/mol. The predicted octanol–water partition coefficient (Wildman–Crippen LogP) is 0.890. The van der Waals surface area contributed by atoms with E-state index in [0.717, 1.165) is 6.61 Å². The third kappa shape index (κ3) is 0.867. The molecule has 2 saturated heterocycles. The Bertz CT molecular complexity index is 121. The fourth-order valence-corrected chi connectivity index (χ4v) is 1.88. The Morgan fingerprint density at radius 3 is 2.90 bits per heavy atom. The molecule has 0 saturated carbocycles. The number of hydrogen-bond acceptors (Lipinski definition) is 2. The smallest absolute Gasteiger partial charge is 0.0844 e. The van der Waals surface area contributed by atoms with Crippen molar-refractivity contribution in [2.24, 2.45) is 5.41 Å². The molecule has 0 unspecified atom stereocenters. The van der Waals surface area contributed by atoms with Crippen LogP contribution in [0, 0.1) is 12.0 Å². The summed E-state index contributed by atoms with van der Waals surface area (Å²) in [6, 6.07) is 0. The molecular weight excluding hydrogens is 126 g/mol. The van der Waals surface area contributed by atoms with Crippen LogP contribution in [0.25, 0.3) is 0 Å². The molecule has 2 rings (SSSR count). The third-order valence-corrected chi connectivity index (χ3v) is 2.59. The van der Waals surface area contributed by atoms with Gasteiger partial charge in [-0.2, -0.15) is 0 Å². The quantitative estimate of drug-likeness (QED) is 0.536. The third-order valence-electron chi connectivity index (χ3n) is 2.59. The van der Waals surface area contributed by atoms with Crippen molar-refractivity contribution < 1.29 is 4.74 Å². The van der Waals surface area contributed by atoms with Gasteiger partial charge in [-0.3, -0.25) is 0 Å². The van der Waals surface area contributed by atoms with Gasteiger partial charge in [-0.05, 0) is 13.0 Å². The molecule has 0 aromatic carbocycles. The average molecular weight is 140 g/mol. The van der Waals surface area contributed by atoms with Crippen molar-refractivity contribution in [2.75, 3.05) is 26.2 Å².